The molecule has 1 atom stereocenters. The Morgan fingerprint density at radius 2 is 1.81 bits per heavy atom. The largest absolute Gasteiger partial charge is 0.489 e. The monoisotopic (exact) mass is 430 g/mol. The van der Waals surface area contributed by atoms with Gasteiger partial charge in [0.15, 0.2) is 11.3 Å². The van der Waals surface area contributed by atoms with Crippen LogP contribution in [0.3, 0.4) is 0 Å². The van der Waals surface area contributed by atoms with E-state index in [4.69, 9.17) is 14.1 Å². The average molecular weight is 431 g/mol. The van der Waals surface area contributed by atoms with Crippen LogP contribution in [0.15, 0.2) is 63.8 Å². The first-order chi connectivity index (χ1) is 15.6. The molecule has 0 saturated heterocycles. The van der Waals surface area contributed by atoms with Gasteiger partial charge in [0.1, 0.15) is 5.52 Å². The van der Waals surface area contributed by atoms with Crippen molar-refractivity contribution >= 4 is 17.0 Å². The SMILES string of the molecule is COc1c(-c2nc3ccccc3o2)nc(N(C)C(c2ccccc2)C2CCC2)n(C)c1=O. The summed E-state index contributed by atoms with van der Waals surface area (Å²) in [7, 11) is 5.19. The number of para-hydroxylation sites is 2. The topological polar surface area (TPSA) is 73.4 Å². The maximum Gasteiger partial charge on any atom is 0.297 e. The Kier molecular flexibility index (Phi) is 5.17. The zero-order valence-corrected chi connectivity index (χ0v) is 18.5. The van der Waals surface area contributed by atoms with Crippen LogP contribution < -0.4 is 15.2 Å². The number of methoxy groups -OCH3 is 1. The molecule has 0 radical (unpaired) electrons. The summed E-state index contributed by atoms with van der Waals surface area (Å²) in [6.07, 6.45) is 3.54. The molecule has 164 valence electrons. The molecule has 2 heterocycles. The fraction of sp³-hybridized carbons (Fsp3) is 0.320. The number of oxazole rings is 1. The minimum atomic E-state index is -0.276. The van der Waals surface area contributed by atoms with Crippen molar-refractivity contribution in [1.82, 2.24) is 14.5 Å². The fourth-order valence-corrected chi connectivity index (χ4v) is 4.53. The van der Waals surface area contributed by atoms with Crippen molar-refractivity contribution in [2.24, 2.45) is 13.0 Å². The summed E-state index contributed by atoms with van der Waals surface area (Å²) in [6.45, 7) is 0. The number of rotatable bonds is 6. The average Bonchev–Trinajstić information content (AvgIpc) is 3.22. The van der Waals surface area contributed by atoms with Crippen LogP contribution in [0.5, 0.6) is 5.75 Å². The van der Waals surface area contributed by atoms with Gasteiger partial charge < -0.3 is 14.1 Å². The molecule has 0 N–H and O–H groups in total. The number of aromatic nitrogens is 3. The molecule has 2 aromatic carbocycles. The summed E-state index contributed by atoms with van der Waals surface area (Å²) >= 11 is 0. The normalized spacial score (nSPS) is 14.8. The number of anilines is 1. The van der Waals surface area contributed by atoms with Gasteiger partial charge in [-0.3, -0.25) is 9.36 Å². The molecule has 5 rings (SSSR count). The van der Waals surface area contributed by atoms with Crippen molar-refractivity contribution in [2.45, 2.75) is 25.3 Å². The quantitative estimate of drug-likeness (QED) is 0.446. The van der Waals surface area contributed by atoms with Gasteiger partial charge in [-0.15, -0.1) is 0 Å². The van der Waals surface area contributed by atoms with Crippen LogP contribution in [0.4, 0.5) is 5.95 Å². The summed E-state index contributed by atoms with van der Waals surface area (Å²) in [5.74, 6) is 1.45. The van der Waals surface area contributed by atoms with Gasteiger partial charge in [0.2, 0.25) is 11.7 Å². The number of hydrogen-bond donors (Lipinski definition) is 0. The highest BCUT2D eigenvalue weighted by Crippen LogP contribution is 2.42. The zero-order valence-electron chi connectivity index (χ0n) is 18.5. The van der Waals surface area contributed by atoms with Crippen molar-refractivity contribution in [3.8, 4) is 17.3 Å². The molecule has 2 aromatic heterocycles. The highest BCUT2D eigenvalue weighted by atomic mass is 16.5. The number of nitrogens with zero attached hydrogens (tertiary/aromatic N) is 4. The molecule has 1 aliphatic carbocycles. The van der Waals surface area contributed by atoms with E-state index in [1.807, 2.05) is 37.4 Å². The molecule has 0 aliphatic heterocycles. The summed E-state index contributed by atoms with van der Waals surface area (Å²) in [6, 6.07) is 18.0. The summed E-state index contributed by atoms with van der Waals surface area (Å²) in [4.78, 5) is 24.8. The van der Waals surface area contributed by atoms with E-state index in [0.29, 0.717) is 28.7 Å². The molecule has 0 bridgehead atoms. The minimum absolute atomic E-state index is 0.118. The third-order valence-corrected chi connectivity index (χ3v) is 6.40. The zero-order chi connectivity index (χ0) is 22.2. The molecule has 1 aliphatic rings. The maximum absolute atomic E-state index is 13.2. The van der Waals surface area contributed by atoms with E-state index < -0.39 is 0 Å². The molecular weight excluding hydrogens is 404 g/mol. The number of ether oxygens (including phenoxy) is 1. The van der Waals surface area contributed by atoms with Gasteiger partial charge >= 0.3 is 0 Å². The van der Waals surface area contributed by atoms with Crippen LogP contribution in [0, 0.1) is 5.92 Å². The van der Waals surface area contributed by atoms with Crippen molar-refractivity contribution in [3.05, 3.63) is 70.5 Å². The molecule has 0 amide bonds. The predicted molar refractivity (Wildman–Crippen MR) is 124 cm³/mol. The van der Waals surface area contributed by atoms with Crippen LogP contribution in [0.1, 0.15) is 30.9 Å². The Morgan fingerprint density at radius 1 is 1.09 bits per heavy atom. The molecule has 7 nitrogen and oxygen atoms in total. The second-order valence-electron chi connectivity index (χ2n) is 8.30. The summed E-state index contributed by atoms with van der Waals surface area (Å²) < 4.78 is 12.9. The third-order valence-electron chi connectivity index (χ3n) is 6.40. The Morgan fingerprint density at radius 3 is 2.47 bits per heavy atom. The van der Waals surface area contributed by atoms with Crippen molar-refractivity contribution < 1.29 is 9.15 Å². The second-order valence-corrected chi connectivity index (χ2v) is 8.30. The fourth-order valence-electron chi connectivity index (χ4n) is 4.53. The summed E-state index contributed by atoms with van der Waals surface area (Å²) in [5.41, 5.74) is 2.60. The van der Waals surface area contributed by atoms with Crippen LogP contribution in [-0.2, 0) is 7.05 Å². The van der Waals surface area contributed by atoms with Crippen molar-refractivity contribution in [3.63, 3.8) is 0 Å². The van der Waals surface area contributed by atoms with E-state index in [1.54, 1.807) is 11.6 Å². The highest BCUT2D eigenvalue weighted by molar-refractivity contribution is 5.76. The molecular formula is C25H26N4O3. The van der Waals surface area contributed by atoms with Crippen LogP contribution in [0.2, 0.25) is 0 Å². The Bertz CT molecular complexity index is 1280. The van der Waals surface area contributed by atoms with Crippen LogP contribution in [0.25, 0.3) is 22.7 Å². The lowest BCUT2D eigenvalue weighted by atomic mass is 9.76. The number of hydrogen-bond acceptors (Lipinski definition) is 6. The van der Waals surface area contributed by atoms with E-state index in [0.717, 1.165) is 12.8 Å². The van der Waals surface area contributed by atoms with Crippen LogP contribution in [-0.4, -0.2) is 28.7 Å². The van der Waals surface area contributed by atoms with E-state index in [1.165, 1.54) is 19.1 Å². The first-order valence-corrected chi connectivity index (χ1v) is 10.9. The number of benzene rings is 2. The van der Waals surface area contributed by atoms with Crippen LogP contribution >= 0.6 is 0 Å². The van der Waals surface area contributed by atoms with Gasteiger partial charge in [0, 0.05) is 14.1 Å². The van der Waals surface area contributed by atoms with Gasteiger partial charge in [-0.25, -0.2) is 9.97 Å². The molecule has 1 saturated carbocycles. The standard InChI is InChI=1S/C25H26N4O3/c1-28(21(17-12-9-13-17)16-10-5-4-6-11-16)25-27-20(22(31-3)24(30)29(25)2)23-26-18-14-7-8-15-19(18)32-23/h4-8,10-11,14-15,17,21H,9,12-13H2,1-3H3. The van der Waals surface area contributed by atoms with E-state index >= 15 is 0 Å². The van der Waals surface area contributed by atoms with E-state index in [9.17, 15) is 4.79 Å². The first kappa shape index (κ1) is 20.3. The predicted octanol–water partition coefficient (Wildman–Crippen LogP) is 4.57. The molecule has 1 fully saturated rings. The minimum Gasteiger partial charge on any atom is -0.489 e. The van der Waals surface area contributed by atoms with Gasteiger partial charge in [-0.1, -0.05) is 48.9 Å². The number of fused-ring (bicyclic) bond motifs is 1. The Labute approximate surface area is 186 Å². The molecule has 1 unspecified atom stereocenters. The van der Waals surface area contributed by atoms with Crippen molar-refractivity contribution in [1.29, 1.82) is 0 Å². The molecule has 4 aromatic rings. The lowest BCUT2D eigenvalue weighted by molar-refractivity contribution is 0.256. The first-order valence-electron chi connectivity index (χ1n) is 10.9. The van der Waals surface area contributed by atoms with Gasteiger partial charge in [0.05, 0.1) is 13.2 Å². The third kappa shape index (κ3) is 3.34. The van der Waals surface area contributed by atoms with Gasteiger partial charge in [-0.05, 0) is 36.5 Å². The maximum atomic E-state index is 13.2. The Hall–Kier alpha value is -3.61. The van der Waals surface area contributed by atoms with Gasteiger partial charge in [-0.2, -0.15) is 0 Å². The van der Waals surface area contributed by atoms with Crippen molar-refractivity contribution in [2.75, 3.05) is 19.1 Å². The van der Waals surface area contributed by atoms with Gasteiger partial charge in [0.25, 0.3) is 11.4 Å². The lowest BCUT2D eigenvalue weighted by Crippen LogP contribution is -2.38. The lowest BCUT2D eigenvalue weighted by Gasteiger charge is -2.40. The Balaban J connectivity index is 1.66. The highest BCUT2D eigenvalue weighted by Gasteiger charge is 2.34. The molecule has 0 spiro atoms. The van der Waals surface area contributed by atoms with E-state index in [-0.39, 0.29) is 23.2 Å². The van der Waals surface area contributed by atoms with E-state index in [2.05, 4.69) is 34.1 Å². The molecule has 32 heavy (non-hydrogen) atoms. The smallest absolute Gasteiger partial charge is 0.297 e. The molecule has 7 heteroatoms. The summed E-state index contributed by atoms with van der Waals surface area (Å²) in [5, 5.41) is 0. The second kappa shape index (κ2) is 8.15.